The van der Waals surface area contributed by atoms with E-state index >= 15 is 0 Å². The van der Waals surface area contributed by atoms with Crippen molar-refractivity contribution in [3.05, 3.63) is 39.6 Å². The molecule has 0 aliphatic heterocycles. The molecule has 1 aromatic heterocycles. The number of aromatic amines is 1. The van der Waals surface area contributed by atoms with Gasteiger partial charge in [-0.2, -0.15) is 0 Å². The van der Waals surface area contributed by atoms with E-state index in [1.54, 1.807) is 12.1 Å². The predicted octanol–water partition coefficient (Wildman–Crippen LogP) is 2.65. The zero-order valence-corrected chi connectivity index (χ0v) is 12.3. The van der Waals surface area contributed by atoms with Gasteiger partial charge in [-0.25, -0.2) is 13.4 Å². The van der Waals surface area contributed by atoms with Gasteiger partial charge in [-0.1, -0.05) is 36.2 Å². The molecule has 1 heterocycles. The van der Waals surface area contributed by atoms with E-state index in [4.69, 9.17) is 23.2 Å². The van der Waals surface area contributed by atoms with Crippen molar-refractivity contribution in [1.82, 2.24) is 15.2 Å². The number of sulfone groups is 1. The Morgan fingerprint density at radius 2 is 2.00 bits per heavy atom. The van der Waals surface area contributed by atoms with Crippen molar-refractivity contribution in [2.24, 2.45) is 0 Å². The average molecular weight is 320 g/mol. The fraction of sp³-hybridized carbons (Fsp3) is 0.273. The summed E-state index contributed by atoms with van der Waals surface area (Å²) in [5.74, 6) is 0.318. The maximum absolute atomic E-state index is 12.1. The Bertz CT molecular complexity index is 698. The number of aryl methyl sites for hydroxylation is 1. The monoisotopic (exact) mass is 319 g/mol. The molecule has 0 spiro atoms. The van der Waals surface area contributed by atoms with E-state index in [-0.39, 0.29) is 10.9 Å². The lowest BCUT2D eigenvalue weighted by atomic mass is 10.2. The third-order valence-corrected chi connectivity index (χ3v) is 4.66. The molecule has 2 rings (SSSR count). The van der Waals surface area contributed by atoms with Crippen LogP contribution in [-0.2, 0) is 22.0 Å². The summed E-state index contributed by atoms with van der Waals surface area (Å²) in [6.07, 6.45) is 0.593. The fourth-order valence-electron chi connectivity index (χ4n) is 1.49. The van der Waals surface area contributed by atoms with Crippen molar-refractivity contribution in [2.45, 2.75) is 24.3 Å². The number of nitrogens with zero attached hydrogens (tertiary/aromatic N) is 2. The van der Waals surface area contributed by atoms with Crippen LogP contribution in [-0.4, -0.2) is 23.6 Å². The normalized spacial score (nSPS) is 11.7. The molecule has 0 unspecified atom stereocenters. The lowest BCUT2D eigenvalue weighted by Crippen LogP contribution is -2.07. The van der Waals surface area contributed by atoms with Gasteiger partial charge in [0.2, 0.25) is 9.84 Å². The van der Waals surface area contributed by atoms with Crippen molar-refractivity contribution in [3.63, 3.8) is 0 Å². The van der Waals surface area contributed by atoms with Crippen LogP contribution in [0.4, 0.5) is 0 Å². The maximum atomic E-state index is 12.1. The third-order valence-electron chi connectivity index (χ3n) is 2.46. The van der Waals surface area contributed by atoms with Crippen LogP contribution in [0.15, 0.2) is 23.4 Å². The van der Waals surface area contributed by atoms with Crippen molar-refractivity contribution in [1.29, 1.82) is 0 Å². The van der Waals surface area contributed by atoms with E-state index in [9.17, 15) is 8.42 Å². The molecule has 0 atom stereocenters. The molecule has 0 saturated carbocycles. The molecule has 19 heavy (non-hydrogen) atoms. The summed E-state index contributed by atoms with van der Waals surface area (Å²) in [5, 5.41) is 6.79. The fourth-order valence-corrected chi connectivity index (χ4v) is 2.99. The standard InChI is InChI=1S/C11H11Cl2N3O2S/c1-2-10-14-11(16-15-10)19(17,18)6-7-3-4-8(12)9(13)5-7/h3-5H,2,6H2,1H3,(H,14,15,16). The summed E-state index contributed by atoms with van der Waals surface area (Å²) >= 11 is 11.6. The van der Waals surface area contributed by atoms with Gasteiger partial charge in [0.15, 0.2) is 0 Å². The minimum Gasteiger partial charge on any atom is -0.262 e. The van der Waals surface area contributed by atoms with Crippen LogP contribution in [0.5, 0.6) is 0 Å². The van der Waals surface area contributed by atoms with Gasteiger partial charge in [-0.15, -0.1) is 5.10 Å². The Labute approximate surface area is 120 Å². The molecule has 102 valence electrons. The summed E-state index contributed by atoms with van der Waals surface area (Å²) in [5.41, 5.74) is 0.539. The lowest BCUT2D eigenvalue weighted by Gasteiger charge is -2.02. The first-order valence-corrected chi connectivity index (χ1v) is 7.91. The van der Waals surface area contributed by atoms with Gasteiger partial charge in [-0.3, -0.25) is 5.10 Å². The number of hydrogen-bond donors (Lipinski definition) is 1. The second kappa shape index (κ2) is 5.48. The highest BCUT2D eigenvalue weighted by Crippen LogP contribution is 2.24. The second-order valence-corrected chi connectivity index (χ2v) is 6.62. The summed E-state index contributed by atoms with van der Waals surface area (Å²) in [6, 6.07) is 4.69. The highest BCUT2D eigenvalue weighted by Gasteiger charge is 2.21. The Morgan fingerprint density at radius 3 is 2.58 bits per heavy atom. The minimum absolute atomic E-state index is 0.199. The van der Waals surface area contributed by atoms with Crippen molar-refractivity contribution in [2.75, 3.05) is 0 Å². The summed E-state index contributed by atoms with van der Waals surface area (Å²) in [7, 11) is -3.59. The first-order chi connectivity index (χ1) is 8.92. The minimum atomic E-state index is -3.59. The van der Waals surface area contributed by atoms with Gasteiger partial charge in [-0.05, 0) is 17.7 Å². The largest absolute Gasteiger partial charge is 0.267 e. The molecular weight excluding hydrogens is 309 g/mol. The Balaban J connectivity index is 2.28. The van der Waals surface area contributed by atoms with Crippen LogP contribution < -0.4 is 0 Å². The second-order valence-electron chi connectivity index (χ2n) is 3.93. The molecule has 1 N–H and O–H groups in total. The van der Waals surface area contributed by atoms with E-state index in [2.05, 4.69) is 15.2 Å². The van der Waals surface area contributed by atoms with Crippen LogP contribution in [0, 0.1) is 0 Å². The number of H-pyrrole nitrogens is 1. The predicted molar refractivity (Wildman–Crippen MR) is 73.1 cm³/mol. The Morgan fingerprint density at radius 1 is 1.26 bits per heavy atom. The SMILES string of the molecule is CCc1nc(S(=O)(=O)Cc2ccc(Cl)c(Cl)c2)n[nH]1. The van der Waals surface area contributed by atoms with Gasteiger partial charge in [0.1, 0.15) is 5.82 Å². The number of hydrogen-bond acceptors (Lipinski definition) is 4. The van der Waals surface area contributed by atoms with Crippen LogP contribution in [0.3, 0.4) is 0 Å². The number of aromatic nitrogens is 3. The number of halogens is 2. The van der Waals surface area contributed by atoms with Gasteiger partial charge in [0, 0.05) is 6.42 Å². The van der Waals surface area contributed by atoms with E-state index in [0.717, 1.165) is 0 Å². The zero-order valence-electron chi connectivity index (χ0n) is 10.0. The van der Waals surface area contributed by atoms with Gasteiger partial charge in [0.05, 0.1) is 15.8 Å². The van der Waals surface area contributed by atoms with E-state index in [1.165, 1.54) is 6.07 Å². The van der Waals surface area contributed by atoms with Crippen LogP contribution in [0.25, 0.3) is 0 Å². The lowest BCUT2D eigenvalue weighted by molar-refractivity contribution is 0.587. The molecule has 1 aromatic carbocycles. The summed E-state index contributed by atoms with van der Waals surface area (Å²) < 4.78 is 24.2. The third kappa shape index (κ3) is 3.26. The van der Waals surface area contributed by atoms with Gasteiger partial charge < -0.3 is 0 Å². The number of rotatable bonds is 4. The highest BCUT2D eigenvalue weighted by atomic mass is 35.5. The molecule has 0 fully saturated rings. The van der Waals surface area contributed by atoms with Crippen molar-refractivity contribution >= 4 is 33.0 Å². The topological polar surface area (TPSA) is 75.7 Å². The average Bonchev–Trinajstić information content (AvgIpc) is 2.83. The molecule has 5 nitrogen and oxygen atoms in total. The quantitative estimate of drug-likeness (QED) is 0.939. The molecule has 0 radical (unpaired) electrons. The van der Waals surface area contributed by atoms with Gasteiger partial charge in [0.25, 0.3) is 5.16 Å². The van der Waals surface area contributed by atoms with E-state index < -0.39 is 9.84 Å². The summed E-state index contributed by atoms with van der Waals surface area (Å²) in [4.78, 5) is 3.92. The first-order valence-electron chi connectivity index (χ1n) is 5.50. The Hall–Kier alpha value is -1.11. The molecule has 0 bridgehead atoms. The molecule has 2 aromatic rings. The molecule has 8 heteroatoms. The van der Waals surface area contributed by atoms with Crippen LogP contribution >= 0.6 is 23.2 Å². The molecule has 0 aliphatic rings. The van der Waals surface area contributed by atoms with Crippen LogP contribution in [0.1, 0.15) is 18.3 Å². The Kier molecular flexibility index (Phi) is 4.13. The number of nitrogens with one attached hydrogen (secondary N) is 1. The van der Waals surface area contributed by atoms with E-state index in [1.807, 2.05) is 6.92 Å². The molecular formula is C11H11Cl2N3O2S. The van der Waals surface area contributed by atoms with Gasteiger partial charge >= 0.3 is 0 Å². The highest BCUT2D eigenvalue weighted by molar-refractivity contribution is 7.90. The van der Waals surface area contributed by atoms with Crippen LogP contribution in [0.2, 0.25) is 10.0 Å². The van der Waals surface area contributed by atoms with Crippen molar-refractivity contribution in [3.8, 4) is 0 Å². The van der Waals surface area contributed by atoms with E-state index in [0.29, 0.717) is 27.9 Å². The molecule has 0 amide bonds. The summed E-state index contributed by atoms with van der Waals surface area (Å²) in [6.45, 7) is 1.86. The first kappa shape index (κ1) is 14.3. The maximum Gasteiger partial charge on any atom is 0.267 e. The zero-order chi connectivity index (χ0) is 14.0. The smallest absolute Gasteiger partial charge is 0.262 e. The molecule has 0 saturated heterocycles. The number of benzene rings is 1. The van der Waals surface area contributed by atoms with Crippen molar-refractivity contribution < 1.29 is 8.42 Å². The molecule has 0 aliphatic carbocycles.